The summed E-state index contributed by atoms with van der Waals surface area (Å²) in [6.45, 7) is 1.95. The molecule has 2 unspecified atom stereocenters. The average Bonchev–Trinajstić information content (AvgIpc) is 3.01. The van der Waals surface area contributed by atoms with Gasteiger partial charge in [-0.1, -0.05) is 0 Å². The van der Waals surface area contributed by atoms with Crippen LogP contribution < -0.4 is 16.0 Å². The van der Waals surface area contributed by atoms with Gasteiger partial charge in [0.2, 0.25) is 0 Å². The third kappa shape index (κ3) is 2.88. The number of halogens is 1. The minimum absolute atomic E-state index is 0.292. The van der Waals surface area contributed by atoms with Gasteiger partial charge >= 0.3 is 0 Å². The largest absolute Gasteiger partial charge is 0.366 e. The minimum atomic E-state index is -0.562. The maximum atomic E-state index is 13.4. The van der Waals surface area contributed by atoms with Crippen LogP contribution in [0.25, 0.3) is 0 Å². The Labute approximate surface area is 124 Å². The third-order valence-corrected chi connectivity index (χ3v) is 4.65. The molecule has 0 spiro atoms. The van der Waals surface area contributed by atoms with Gasteiger partial charge in [0.05, 0.1) is 11.3 Å². The first-order valence-electron chi connectivity index (χ1n) is 7.76. The van der Waals surface area contributed by atoms with E-state index in [0.717, 1.165) is 38.0 Å². The number of primary amides is 1. The molecule has 2 aliphatic rings. The Morgan fingerprint density at radius 2 is 2.14 bits per heavy atom. The van der Waals surface area contributed by atoms with E-state index >= 15 is 0 Å². The molecule has 4 nitrogen and oxygen atoms in total. The molecule has 21 heavy (non-hydrogen) atoms. The molecule has 2 heterocycles. The van der Waals surface area contributed by atoms with Gasteiger partial charge in [-0.2, -0.15) is 0 Å². The number of nitrogens with zero attached hydrogens (tertiary/aromatic N) is 1. The quantitative estimate of drug-likeness (QED) is 0.896. The SMILES string of the molecule is NC(=O)c1cc(F)ccc1N1CCCCC1C1CCCN1. The molecule has 0 aliphatic carbocycles. The van der Waals surface area contributed by atoms with Gasteiger partial charge in [0, 0.05) is 18.6 Å². The molecule has 3 rings (SSSR count). The number of nitrogens with one attached hydrogen (secondary N) is 1. The lowest BCUT2D eigenvalue weighted by atomic mass is 9.93. The Morgan fingerprint density at radius 1 is 1.29 bits per heavy atom. The number of anilines is 1. The molecule has 0 bridgehead atoms. The highest BCUT2D eigenvalue weighted by atomic mass is 19.1. The van der Waals surface area contributed by atoms with Crippen LogP contribution in [-0.4, -0.2) is 31.1 Å². The summed E-state index contributed by atoms with van der Waals surface area (Å²) in [4.78, 5) is 13.9. The molecule has 3 N–H and O–H groups in total. The van der Waals surface area contributed by atoms with Crippen molar-refractivity contribution in [1.29, 1.82) is 0 Å². The van der Waals surface area contributed by atoms with Crippen molar-refractivity contribution in [2.24, 2.45) is 5.73 Å². The highest BCUT2D eigenvalue weighted by Gasteiger charge is 2.33. The first-order chi connectivity index (χ1) is 10.2. The fourth-order valence-corrected chi connectivity index (χ4v) is 3.67. The van der Waals surface area contributed by atoms with Gasteiger partial charge in [-0.05, 0) is 56.8 Å². The van der Waals surface area contributed by atoms with Crippen molar-refractivity contribution < 1.29 is 9.18 Å². The summed E-state index contributed by atoms with van der Waals surface area (Å²) < 4.78 is 13.4. The molecule has 0 aromatic heterocycles. The monoisotopic (exact) mass is 291 g/mol. The predicted octanol–water partition coefficient (Wildman–Crippen LogP) is 2.04. The normalized spacial score (nSPS) is 26.0. The molecule has 2 aliphatic heterocycles. The van der Waals surface area contributed by atoms with Gasteiger partial charge < -0.3 is 16.0 Å². The van der Waals surface area contributed by atoms with Crippen LogP contribution in [0.1, 0.15) is 42.5 Å². The Hall–Kier alpha value is -1.62. The molecule has 0 saturated carbocycles. The zero-order chi connectivity index (χ0) is 14.8. The van der Waals surface area contributed by atoms with Crippen molar-refractivity contribution in [2.45, 2.75) is 44.2 Å². The fourth-order valence-electron chi connectivity index (χ4n) is 3.67. The van der Waals surface area contributed by atoms with Gasteiger partial charge in [-0.3, -0.25) is 4.79 Å². The number of amides is 1. The summed E-state index contributed by atoms with van der Waals surface area (Å²) in [7, 11) is 0. The van der Waals surface area contributed by atoms with E-state index in [0.29, 0.717) is 17.6 Å². The van der Waals surface area contributed by atoms with Gasteiger partial charge in [0.25, 0.3) is 5.91 Å². The molecule has 5 heteroatoms. The van der Waals surface area contributed by atoms with E-state index in [1.165, 1.54) is 25.0 Å². The molecule has 1 aromatic rings. The number of nitrogens with two attached hydrogens (primary N) is 1. The third-order valence-electron chi connectivity index (χ3n) is 4.65. The summed E-state index contributed by atoms with van der Waals surface area (Å²) in [6, 6.07) is 5.18. The van der Waals surface area contributed by atoms with E-state index in [1.807, 2.05) is 0 Å². The van der Waals surface area contributed by atoms with Crippen LogP contribution in [0.2, 0.25) is 0 Å². The zero-order valence-electron chi connectivity index (χ0n) is 12.1. The molecule has 0 radical (unpaired) electrons. The summed E-state index contributed by atoms with van der Waals surface area (Å²) >= 11 is 0. The second kappa shape index (κ2) is 6.02. The molecular formula is C16H22FN3O. The molecule has 1 amide bonds. The van der Waals surface area contributed by atoms with Crippen LogP contribution in [0, 0.1) is 5.82 Å². The van der Waals surface area contributed by atoms with E-state index in [-0.39, 0.29) is 0 Å². The van der Waals surface area contributed by atoms with Crippen molar-refractivity contribution >= 4 is 11.6 Å². The van der Waals surface area contributed by atoms with Gasteiger partial charge in [-0.15, -0.1) is 0 Å². The standard InChI is InChI=1S/C16H22FN3O/c17-11-6-7-14(12(10-11)16(18)21)20-9-2-1-5-15(20)13-4-3-8-19-13/h6-7,10,13,15,19H,1-5,8-9H2,(H2,18,21). The fraction of sp³-hybridized carbons (Fsp3) is 0.562. The minimum Gasteiger partial charge on any atom is -0.366 e. The lowest BCUT2D eigenvalue weighted by molar-refractivity contribution is 0.1000. The second-order valence-corrected chi connectivity index (χ2v) is 5.99. The number of carbonyl (C=O) groups excluding carboxylic acids is 1. The Morgan fingerprint density at radius 3 is 2.86 bits per heavy atom. The smallest absolute Gasteiger partial charge is 0.250 e. The second-order valence-electron chi connectivity index (χ2n) is 5.99. The van der Waals surface area contributed by atoms with E-state index in [1.54, 1.807) is 6.07 Å². The Balaban J connectivity index is 1.94. The van der Waals surface area contributed by atoms with Crippen molar-refractivity contribution in [3.05, 3.63) is 29.6 Å². The number of benzene rings is 1. The average molecular weight is 291 g/mol. The van der Waals surface area contributed by atoms with Gasteiger partial charge in [0.15, 0.2) is 0 Å². The lowest BCUT2D eigenvalue weighted by Crippen LogP contribution is -2.51. The molecular weight excluding hydrogens is 269 g/mol. The van der Waals surface area contributed by atoms with E-state index in [4.69, 9.17) is 5.73 Å². The summed E-state index contributed by atoms with van der Waals surface area (Å²) in [5, 5.41) is 3.55. The van der Waals surface area contributed by atoms with Crippen LogP contribution in [0.5, 0.6) is 0 Å². The van der Waals surface area contributed by atoms with Crippen LogP contribution in [0.4, 0.5) is 10.1 Å². The highest BCUT2D eigenvalue weighted by Crippen LogP contribution is 2.31. The summed E-state index contributed by atoms with van der Waals surface area (Å²) in [5.74, 6) is -0.978. The lowest BCUT2D eigenvalue weighted by Gasteiger charge is -2.41. The summed E-state index contributed by atoms with van der Waals surface area (Å²) in [5.41, 5.74) is 6.51. The summed E-state index contributed by atoms with van der Waals surface area (Å²) in [6.07, 6.45) is 5.76. The van der Waals surface area contributed by atoms with Crippen molar-refractivity contribution in [3.8, 4) is 0 Å². The van der Waals surface area contributed by atoms with E-state index in [2.05, 4.69) is 10.2 Å². The van der Waals surface area contributed by atoms with Crippen LogP contribution in [0.15, 0.2) is 18.2 Å². The van der Waals surface area contributed by atoms with Crippen molar-refractivity contribution in [2.75, 3.05) is 18.0 Å². The number of carbonyl (C=O) groups is 1. The number of rotatable bonds is 3. The van der Waals surface area contributed by atoms with Crippen molar-refractivity contribution in [1.82, 2.24) is 5.32 Å². The van der Waals surface area contributed by atoms with Crippen molar-refractivity contribution in [3.63, 3.8) is 0 Å². The molecule has 1 aromatic carbocycles. The van der Waals surface area contributed by atoms with E-state index in [9.17, 15) is 9.18 Å². The topological polar surface area (TPSA) is 58.4 Å². The van der Waals surface area contributed by atoms with Gasteiger partial charge in [0.1, 0.15) is 5.82 Å². The molecule has 2 saturated heterocycles. The van der Waals surface area contributed by atoms with Crippen LogP contribution in [0.3, 0.4) is 0 Å². The maximum absolute atomic E-state index is 13.4. The number of hydrogen-bond donors (Lipinski definition) is 2. The highest BCUT2D eigenvalue weighted by molar-refractivity contribution is 5.98. The first-order valence-corrected chi connectivity index (χ1v) is 7.76. The Kier molecular flexibility index (Phi) is 4.10. The maximum Gasteiger partial charge on any atom is 0.250 e. The molecule has 114 valence electrons. The number of hydrogen-bond acceptors (Lipinski definition) is 3. The van der Waals surface area contributed by atoms with Gasteiger partial charge in [-0.25, -0.2) is 4.39 Å². The molecule has 2 fully saturated rings. The number of piperidine rings is 1. The predicted molar refractivity (Wildman–Crippen MR) is 80.9 cm³/mol. The zero-order valence-corrected chi connectivity index (χ0v) is 12.1. The Bertz CT molecular complexity index is 528. The van der Waals surface area contributed by atoms with Crippen LogP contribution in [-0.2, 0) is 0 Å². The van der Waals surface area contributed by atoms with E-state index < -0.39 is 11.7 Å². The first kappa shape index (κ1) is 14.3. The molecule has 2 atom stereocenters. The van der Waals surface area contributed by atoms with Crippen LogP contribution >= 0.6 is 0 Å².